The molecule has 0 aromatic heterocycles. The van der Waals surface area contributed by atoms with Gasteiger partial charge in [0.15, 0.2) is 0 Å². The van der Waals surface area contributed by atoms with Gasteiger partial charge in [0.2, 0.25) is 0 Å². The molecule has 2 nitrogen and oxygen atoms in total. The fourth-order valence-corrected chi connectivity index (χ4v) is 9.30. The van der Waals surface area contributed by atoms with Crippen LogP contribution in [-0.4, -0.2) is 22.9 Å². The van der Waals surface area contributed by atoms with Crippen molar-refractivity contribution in [1.29, 1.82) is 0 Å². The molecule has 5 aliphatic rings. The highest BCUT2D eigenvalue weighted by molar-refractivity contribution is 5.25. The number of ether oxygens (including phenoxy) is 1. The molecule has 0 amide bonds. The highest BCUT2D eigenvalue weighted by Crippen LogP contribution is 2.66. The summed E-state index contributed by atoms with van der Waals surface area (Å²) in [5.41, 5.74) is 2.75. The van der Waals surface area contributed by atoms with Crippen molar-refractivity contribution >= 4 is 0 Å². The molecule has 0 aromatic carbocycles. The zero-order chi connectivity index (χ0) is 21.3. The number of fused-ring (bicyclic) bond motifs is 5. The van der Waals surface area contributed by atoms with Crippen molar-refractivity contribution in [3.63, 3.8) is 0 Å². The van der Waals surface area contributed by atoms with Crippen molar-refractivity contribution in [3.8, 4) is 0 Å². The predicted octanol–water partition coefficient (Wildman–Crippen LogP) is 6.91. The molecule has 9 atom stereocenters. The quantitative estimate of drug-likeness (QED) is 0.391. The van der Waals surface area contributed by atoms with Crippen LogP contribution in [0, 0.1) is 40.4 Å². The van der Waals surface area contributed by atoms with Gasteiger partial charge in [-0.25, -0.2) is 0 Å². The largest absolute Gasteiger partial charge is 0.393 e. The summed E-state index contributed by atoms with van der Waals surface area (Å²) in [4.78, 5) is 0. The van der Waals surface area contributed by atoms with Crippen LogP contribution in [0.3, 0.4) is 0 Å². The summed E-state index contributed by atoms with van der Waals surface area (Å²) >= 11 is 0. The number of epoxide rings is 1. The van der Waals surface area contributed by atoms with E-state index >= 15 is 0 Å². The van der Waals surface area contributed by atoms with Crippen molar-refractivity contribution in [2.45, 2.75) is 123 Å². The summed E-state index contributed by atoms with van der Waals surface area (Å²) < 4.78 is 6.08. The molecular weight excluding hydrogens is 368 g/mol. The molecule has 1 aliphatic heterocycles. The zero-order valence-electron chi connectivity index (χ0n) is 20.3. The third-order valence-corrected chi connectivity index (χ3v) is 11.4. The standard InChI is InChI=1S/C28H46O2/c1-18(2)28(19(3)30-28)14-6-7-20-9-11-24-23-10-8-21-17-22(29)12-15-27(21,5)25(23)13-16-26(20,24)4/h8,18-20,22-25,29H,6-7,9-17H2,1-5H3/t19-,20-,22-,23?,24?,25?,26+,27-,28+/m0/s1. The SMILES string of the molecule is CC(C)[C@@]1(CCC[C@H]2CCC3C4CC=C5C[C@@H](O)CC[C@]5(C)C4CC[C@@]32C)O[C@H]1C. The minimum absolute atomic E-state index is 0.0853. The zero-order valence-corrected chi connectivity index (χ0v) is 20.3. The van der Waals surface area contributed by atoms with Gasteiger partial charge >= 0.3 is 0 Å². The first-order valence-corrected chi connectivity index (χ1v) is 13.3. The second-order valence-corrected chi connectivity index (χ2v) is 12.7. The van der Waals surface area contributed by atoms with Gasteiger partial charge in [-0.2, -0.15) is 0 Å². The molecule has 1 N–H and O–H groups in total. The highest BCUT2D eigenvalue weighted by atomic mass is 16.6. The third kappa shape index (κ3) is 3.10. The Kier molecular flexibility index (Phi) is 5.26. The molecule has 0 bridgehead atoms. The van der Waals surface area contributed by atoms with E-state index in [1.54, 1.807) is 5.57 Å². The summed E-state index contributed by atoms with van der Waals surface area (Å²) in [5, 5.41) is 10.2. The van der Waals surface area contributed by atoms with Gasteiger partial charge < -0.3 is 9.84 Å². The number of hydrogen-bond acceptors (Lipinski definition) is 2. The third-order valence-electron chi connectivity index (χ3n) is 11.4. The molecule has 30 heavy (non-hydrogen) atoms. The maximum Gasteiger partial charge on any atom is 0.0968 e. The lowest BCUT2D eigenvalue weighted by molar-refractivity contribution is -0.0510. The van der Waals surface area contributed by atoms with Crippen molar-refractivity contribution in [1.82, 2.24) is 0 Å². The van der Waals surface area contributed by atoms with E-state index in [9.17, 15) is 5.11 Å². The maximum absolute atomic E-state index is 10.2. The average Bonchev–Trinajstić information content (AvgIpc) is 3.24. The van der Waals surface area contributed by atoms with Crippen LogP contribution < -0.4 is 0 Å². The molecule has 3 unspecified atom stereocenters. The van der Waals surface area contributed by atoms with Crippen LogP contribution in [0.4, 0.5) is 0 Å². The Balaban J connectivity index is 1.26. The van der Waals surface area contributed by atoms with Gasteiger partial charge in [0.1, 0.15) is 0 Å². The normalized spacial score (nSPS) is 52.4. The Morgan fingerprint density at radius 3 is 2.57 bits per heavy atom. The van der Waals surface area contributed by atoms with Crippen LogP contribution >= 0.6 is 0 Å². The number of aliphatic hydroxyl groups excluding tert-OH is 1. The van der Waals surface area contributed by atoms with Crippen LogP contribution in [-0.2, 0) is 4.74 Å². The second kappa shape index (κ2) is 7.34. The van der Waals surface area contributed by atoms with E-state index in [0.29, 0.717) is 22.9 Å². The van der Waals surface area contributed by atoms with E-state index in [4.69, 9.17) is 4.74 Å². The first-order valence-electron chi connectivity index (χ1n) is 13.3. The molecule has 5 rings (SSSR count). The molecular formula is C28H46O2. The summed E-state index contributed by atoms with van der Waals surface area (Å²) in [5.74, 6) is 4.26. The van der Waals surface area contributed by atoms with Gasteiger partial charge in [-0.05, 0) is 112 Å². The van der Waals surface area contributed by atoms with E-state index in [0.717, 1.165) is 36.5 Å². The van der Waals surface area contributed by atoms with E-state index in [2.05, 4.69) is 40.7 Å². The molecule has 4 fully saturated rings. The first kappa shape index (κ1) is 21.5. The smallest absolute Gasteiger partial charge is 0.0968 e. The molecule has 0 radical (unpaired) electrons. The molecule has 4 aliphatic carbocycles. The molecule has 170 valence electrons. The van der Waals surface area contributed by atoms with Crippen LogP contribution in [0.1, 0.15) is 105 Å². The van der Waals surface area contributed by atoms with Gasteiger partial charge in [0.25, 0.3) is 0 Å². The Morgan fingerprint density at radius 2 is 1.87 bits per heavy atom. The monoisotopic (exact) mass is 414 g/mol. The minimum Gasteiger partial charge on any atom is -0.393 e. The van der Waals surface area contributed by atoms with Crippen LogP contribution in [0.5, 0.6) is 0 Å². The lowest BCUT2D eigenvalue weighted by Crippen LogP contribution is -2.50. The van der Waals surface area contributed by atoms with Crippen molar-refractivity contribution < 1.29 is 9.84 Å². The van der Waals surface area contributed by atoms with Crippen LogP contribution in [0.2, 0.25) is 0 Å². The van der Waals surface area contributed by atoms with E-state index in [1.165, 1.54) is 57.8 Å². The lowest BCUT2D eigenvalue weighted by atomic mass is 9.47. The van der Waals surface area contributed by atoms with Gasteiger partial charge in [-0.3, -0.25) is 0 Å². The van der Waals surface area contributed by atoms with Gasteiger partial charge in [-0.15, -0.1) is 0 Å². The Bertz CT molecular complexity index is 697. The number of rotatable bonds is 5. The van der Waals surface area contributed by atoms with Crippen molar-refractivity contribution in [2.24, 2.45) is 40.4 Å². The number of allylic oxidation sites excluding steroid dienone is 1. The van der Waals surface area contributed by atoms with E-state index in [1.807, 2.05) is 0 Å². The van der Waals surface area contributed by atoms with Crippen molar-refractivity contribution in [3.05, 3.63) is 11.6 Å². The lowest BCUT2D eigenvalue weighted by Gasteiger charge is -2.58. The summed E-state index contributed by atoms with van der Waals surface area (Å²) in [6.45, 7) is 12.2. The van der Waals surface area contributed by atoms with Crippen LogP contribution in [0.15, 0.2) is 11.6 Å². The molecule has 0 aromatic rings. The molecule has 1 heterocycles. The average molecular weight is 415 g/mol. The molecule has 0 spiro atoms. The van der Waals surface area contributed by atoms with Gasteiger partial charge in [-0.1, -0.05) is 45.8 Å². The first-order chi connectivity index (χ1) is 14.2. The summed E-state index contributed by atoms with van der Waals surface area (Å²) in [7, 11) is 0. The number of aliphatic hydroxyl groups is 1. The van der Waals surface area contributed by atoms with Crippen LogP contribution in [0.25, 0.3) is 0 Å². The fourth-order valence-electron chi connectivity index (χ4n) is 9.30. The predicted molar refractivity (Wildman–Crippen MR) is 123 cm³/mol. The summed E-state index contributed by atoms with van der Waals surface area (Å²) in [6.07, 6.45) is 17.3. The minimum atomic E-state index is -0.0853. The Labute approximate surface area is 185 Å². The Morgan fingerprint density at radius 1 is 1.10 bits per heavy atom. The fraction of sp³-hybridized carbons (Fsp3) is 0.929. The van der Waals surface area contributed by atoms with E-state index < -0.39 is 0 Å². The summed E-state index contributed by atoms with van der Waals surface area (Å²) in [6, 6.07) is 0. The highest BCUT2D eigenvalue weighted by Gasteiger charge is 2.59. The van der Waals surface area contributed by atoms with Crippen molar-refractivity contribution in [2.75, 3.05) is 0 Å². The van der Waals surface area contributed by atoms with Gasteiger partial charge in [0.05, 0.1) is 17.8 Å². The second-order valence-electron chi connectivity index (χ2n) is 12.7. The topological polar surface area (TPSA) is 32.8 Å². The molecule has 3 saturated carbocycles. The molecule has 1 saturated heterocycles. The number of hydrogen-bond donors (Lipinski definition) is 1. The van der Waals surface area contributed by atoms with Gasteiger partial charge in [0, 0.05) is 0 Å². The maximum atomic E-state index is 10.2. The Hall–Kier alpha value is -0.340. The van der Waals surface area contributed by atoms with E-state index in [-0.39, 0.29) is 11.7 Å². The molecule has 2 heteroatoms.